The highest BCUT2D eigenvalue weighted by Gasteiger charge is 2.54. The van der Waals surface area contributed by atoms with E-state index < -0.39 is 108 Å². The van der Waals surface area contributed by atoms with Crippen LogP contribution in [0.1, 0.15) is 49.7 Å². The first-order chi connectivity index (χ1) is 30.5. The number of ether oxygens (including phenoxy) is 5. The number of nitrogens with two attached hydrogens (primary N) is 2. The molecular formula is C36H45N9O17P2. The van der Waals surface area contributed by atoms with Crippen molar-refractivity contribution in [3.05, 3.63) is 84.0 Å². The molecule has 3 aliphatic rings. The summed E-state index contributed by atoms with van der Waals surface area (Å²) >= 11 is 0. The summed E-state index contributed by atoms with van der Waals surface area (Å²) < 4.78 is 73.3. The number of benzene rings is 1. The van der Waals surface area contributed by atoms with Crippen molar-refractivity contribution in [2.75, 3.05) is 31.3 Å². The maximum Gasteiger partial charge on any atom is 0.472 e. The number of anilines is 2. The van der Waals surface area contributed by atoms with Crippen LogP contribution in [0.3, 0.4) is 0 Å². The van der Waals surface area contributed by atoms with E-state index in [1.807, 2.05) is 0 Å². The highest BCUT2D eigenvalue weighted by molar-refractivity contribution is 7.47. The highest BCUT2D eigenvalue weighted by Crippen LogP contribution is 2.51. The summed E-state index contributed by atoms with van der Waals surface area (Å²) in [5, 5.41) is 14.4. The topological polar surface area (TPSA) is 366 Å². The third-order valence-corrected chi connectivity index (χ3v) is 11.6. The van der Waals surface area contributed by atoms with E-state index in [4.69, 9.17) is 44.2 Å². The van der Waals surface area contributed by atoms with Gasteiger partial charge in [-0.1, -0.05) is 36.4 Å². The van der Waals surface area contributed by atoms with Crippen LogP contribution in [0.5, 0.6) is 0 Å². The molecule has 0 spiro atoms. The van der Waals surface area contributed by atoms with Gasteiger partial charge in [0, 0.05) is 25.6 Å². The van der Waals surface area contributed by atoms with Crippen molar-refractivity contribution in [1.82, 2.24) is 34.4 Å². The number of aliphatic hydroxyl groups is 1. The lowest BCUT2D eigenvalue weighted by Crippen LogP contribution is -2.43. The number of imidazole rings is 1. The molecule has 3 aliphatic heterocycles. The van der Waals surface area contributed by atoms with Crippen LogP contribution >= 0.6 is 15.6 Å². The van der Waals surface area contributed by atoms with Gasteiger partial charge in [0.25, 0.3) is 0 Å². The average Bonchev–Trinajstić information content (AvgIpc) is 4.05. The number of nitrogen functional groups attached to an aromatic ring is 2. The van der Waals surface area contributed by atoms with Crippen LogP contribution in [-0.2, 0) is 56.0 Å². The van der Waals surface area contributed by atoms with Crippen LogP contribution in [0, 0.1) is 0 Å². The van der Waals surface area contributed by atoms with Gasteiger partial charge in [0.05, 0.1) is 19.5 Å². The molecule has 3 saturated heterocycles. The first-order valence-corrected chi connectivity index (χ1v) is 22.6. The Morgan fingerprint density at radius 2 is 1.72 bits per heavy atom. The zero-order chi connectivity index (χ0) is 45.8. The monoisotopic (exact) mass is 937 g/mol. The number of amides is 1. The molecule has 4 aromatic rings. The van der Waals surface area contributed by atoms with Crippen molar-refractivity contribution in [3.8, 4) is 0 Å². The number of rotatable bonds is 19. The second-order valence-electron chi connectivity index (χ2n) is 14.6. The Bertz CT molecular complexity index is 2450. The molecule has 3 aromatic heterocycles. The number of phosphoric acid groups is 2. The number of nitrogens with zero attached hydrogens (tertiary/aromatic N) is 6. The number of allylic oxidation sites excluding steroid dienone is 1. The van der Waals surface area contributed by atoms with E-state index in [1.54, 1.807) is 30.3 Å². The summed E-state index contributed by atoms with van der Waals surface area (Å²) in [5.74, 6) is -1.72. The second kappa shape index (κ2) is 20.0. The van der Waals surface area contributed by atoms with E-state index in [0.29, 0.717) is 24.8 Å². The molecule has 346 valence electrons. The molecule has 3 fully saturated rings. The number of carbonyl (C=O) groups excluding carboxylic acids is 2. The van der Waals surface area contributed by atoms with Gasteiger partial charge in [-0.25, -0.2) is 33.7 Å². The fourth-order valence-electron chi connectivity index (χ4n) is 7.19. The van der Waals surface area contributed by atoms with Gasteiger partial charge in [-0.2, -0.15) is 4.98 Å². The third kappa shape index (κ3) is 11.1. The van der Waals surface area contributed by atoms with Gasteiger partial charge >= 0.3 is 27.3 Å². The van der Waals surface area contributed by atoms with E-state index in [0.717, 1.165) is 10.9 Å². The summed E-state index contributed by atoms with van der Waals surface area (Å²) in [4.78, 5) is 86.2. The lowest BCUT2D eigenvalue weighted by atomic mass is 10.1. The maximum absolute atomic E-state index is 14.0. The Morgan fingerprint density at radius 3 is 2.42 bits per heavy atom. The summed E-state index contributed by atoms with van der Waals surface area (Å²) in [7, 11) is -10.6. The van der Waals surface area contributed by atoms with Crippen molar-refractivity contribution in [2.24, 2.45) is 0 Å². The molecule has 2 unspecified atom stereocenters. The molecule has 28 heteroatoms. The van der Waals surface area contributed by atoms with Gasteiger partial charge in [-0.3, -0.25) is 27.5 Å². The van der Waals surface area contributed by atoms with Crippen molar-refractivity contribution in [2.45, 2.75) is 87.1 Å². The average molecular weight is 938 g/mol. The van der Waals surface area contributed by atoms with E-state index in [-0.39, 0.29) is 35.8 Å². The molecule has 9 N–H and O–H groups in total. The molecule has 1 amide bonds. The highest BCUT2D eigenvalue weighted by atomic mass is 31.2. The molecule has 0 radical (unpaired) electrons. The van der Waals surface area contributed by atoms with Crippen LogP contribution in [-0.4, -0.2) is 123 Å². The SMILES string of the molecule is C=CCCC(=O)NC(C(=O)O[C@H]1[C@@H](O)[C@H](n2cnc3c(N)ncnc32)O[C@H]1COP(=O)(O)O[C@H]1[C@@H](O[C@@H]2CCCO2)[C@H](n2ccc(N)nc2=O)O[C@@H]1COP(=O)(O)O)c1ccccc1. The largest absolute Gasteiger partial charge is 0.472 e. The number of hydrogen-bond donors (Lipinski definition) is 7. The lowest BCUT2D eigenvalue weighted by Gasteiger charge is -2.29. The van der Waals surface area contributed by atoms with Crippen molar-refractivity contribution in [1.29, 1.82) is 0 Å². The van der Waals surface area contributed by atoms with Crippen molar-refractivity contribution >= 4 is 50.3 Å². The van der Waals surface area contributed by atoms with Crippen molar-refractivity contribution < 1.29 is 75.8 Å². The molecule has 11 atom stereocenters. The minimum atomic E-state index is -5.42. The fraction of sp³-hybridized carbons (Fsp3) is 0.472. The van der Waals surface area contributed by atoms with Gasteiger partial charge in [0.1, 0.15) is 48.2 Å². The molecule has 0 bridgehead atoms. The van der Waals surface area contributed by atoms with E-state index in [1.165, 1.54) is 29.2 Å². The molecule has 0 aliphatic carbocycles. The molecule has 6 heterocycles. The normalized spacial score (nSPS) is 27.3. The number of phosphoric ester groups is 2. The molecule has 26 nitrogen and oxygen atoms in total. The number of hydrogen-bond acceptors (Lipinski definition) is 20. The molecule has 0 saturated carbocycles. The number of aromatic nitrogens is 6. The molecule has 64 heavy (non-hydrogen) atoms. The predicted molar refractivity (Wildman–Crippen MR) is 216 cm³/mol. The van der Waals surface area contributed by atoms with Gasteiger partial charge in [-0.05, 0) is 24.5 Å². The molecule has 7 rings (SSSR count). The van der Waals surface area contributed by atoms with Crippen LogP contribution in [0.2, 0.25) is 0 Å². The second-order valence-corrected chi connectivity index (χ2v) is 17.2. The summed E-state index contributed by atoms with van der Waals surface area (Å²) in [6.45, 7) is 2.00. The van der Waals surface area contributed by atoms with E-state index >= 15 is 0 Å². The first kappa shape index (κ1) is 46.9. The Kier molecular flexibility index (Phi) is 14.7. The molecule has 1 aromatic carbocycles. The van der Waals surface area contributed by atoms with Gasteiger partial charge in [-0.15, -0.1) is 6.58 Å². The number of fused-ring (bicyclic) bond motifs is 1. The van der Waals surface area contributed by atoms with Crippen LogP contribution in [0.4, 0.5) is 11.6 Å². The first-order valence-electron chi connectivity index (χ1n) is 19.6. The Morgan fingerprint density at radius 1 is 0.984 bits per heavy atom. The smallest absolute Gasteiger partial charge is 0.455 e. The maximum atomic E-state index is 14.0. The Balaban J connectivity index is 1.17. The van der Waals surface area contributed by atoms with E-state index in [9.17, 15) is 43.3 Å². The van der Waals surface area contributed by atoms with Crippen LogP contribution in [0.15, 0.2) is 72.7 Å². The summed E-state index contributed by atoms with van der Waals surface area (Å²) in [6.07, 6.45) is -7.56. The van der Waals surface area contributed by atoms with Crippen LogP contribution in [0.25, 0.3) is 11.2 Å². The lowest BCUT2D eigenvalue weighted by molar-refractivity contribution is -0.181. The Labute approximate surface area is 362 Å². The predicted octanol–water partition coefficient (Wildman–Crippen LogP) is 0.272. The zero-order valence-electron chi connectivity index (χ0n) is 33.5. The van der Waals surface area contributed by atoms with Crippen LogP contribution < -0.4 is 22.5 Å². The van der Waals surface area contributed by atoms with Gasteiger partial charge in [0.2, 0.25) is 5.91 Å². The number of aliphatic hydroxyl groups excluding tert-OH is 1. The standard InChI is InChI=1S/C36H45N9O17P2/c1-2-3-10-23(46)43-25(19-8-5-4-6-9-19)35(48)61-28-20(58-33(27(28)47)45-18-41-26-31(38)39-17-40-32(26)45)16-57-64(53,54)62-29-21(15-56-63(50,51)52)59-34(30(29)60-24-11-7-14-55-24)44-13-12-22(37)42-36(44)49/h2,4-6,8-9,12-13,17-18,20-21,24-25,27-30,33-34,47H,1,3,7,10-11,14-16H2,(H,43,46)(H,53,54)(H2,37,42,49)(H2,38,39,40)(H2,50,51,52)/t20-,21+,24+,25?,27+,28+,29+,30+,33+,34+/m0/s1. The summed E-state index contributed by atoms with van der Waals surface area (Å²) in [6, 6.07) is 7.94. The Hall–Kier alpha value is -5.05. The van der Waals surface area contributed by atoms with Gasteiger partial charge < -0.3 is 60.3 Å². The summed E-state index contributed by atoms with van der Waals surface area (Å²) in [5.41, 5.74) is 11.3. The zero-order valence-corrected chi connectivity index (χ0v) is 35.3. The number of nitrogens with one attached hydrogen (secondary N) is 1. The van der Waals surface area contributed by atoms with Gasteiger partial charge in [0.15, 0.2) is 42.4 Å². The fourth-order valence-corrected chi connectivity index (χ4v) is 8.49. The third-order valence-electron chi connectivity index (χ3n) is 10.1. The number of esters is 1. The quantitative estimate of drug-likeness (QED) is 0.0377. The minimum Gasteiger partial charge on any atom is -0.455 e. The molecular weight excluding hydrogens is 892 g/mol. The minimum absolute atomic E-state index is 0.00250. The van der Waals surface area contributed by atoms with Crippen molar-refractivity contribution in [3.63, 3.8) is 0 Å². The number of carbonyl (C=O) groups is 2. The van der Waals surface area contributed by atoms with E-state index in [2.05, 4.69) is 36.4 Å².